The second-order valence-corrected chi connectivity index (χ2v) is 7.72. The van der Waals surface area contributed by atoms with E-state index in [0.29, 0.717) is 24.6 Å². The number of hydrogen-bond donors (Lipinski definition) is 2. The molecular formula is C16H27N6O7S+. The average Bonchev–Trinajstić information content (AvgIpc) is 3.22. The molecule has 30 heavy (non-hydrogen) atoms. The number of nitrogens with zero attached hydrogens (tertiary/aromatic N) is 5. The van der Waals surface area contributed by atoms with Crippen molar-refractivity contribution in [3.63, 3.8) is 0 Å². The summed E-state index contributed by atoms with van der Waals surface area (Å²) in [5.41, 5.74) is 1.80. The summed E-state index contributed by atoms with van der Waals surface area (Å²) in [5, 5.41) is 7.25. The van der Waals surface area contributed by atoms with Crippen molar-refractivity contribution in [1.29, 1.82) is 0 Å². The van der Waals surface area contributed by atoms with E-state index < -0.39 is 16.4 Å². The first-order chi connectivity index (χ1) is 14.3. The van der Waals surface area contributed by atoms with Gasteiger partial charge in [-0.3, -0.25) is 19.0 Å². The fourth-order valence-electron chi connectivity index (χ4n) is 3.19. The third-order valence-corrected chi connectivity index (χ3v) is 4.82. The van der Waals surface area contributed by atoms with E-state index in [1.165, 1.54) is 7.11 Å². The van der Waals surface area contributed by atoms with E-state index >= 15 is 0 Å². The Bertz CT molecular complexity index is 837. The van der Waals surface area contributed by atoms with E-state index in [2.05, 4.69) is 24.3 Å². The highest BCUT2D eigenvalue weighted by molar-refractivity contribution is 7.80. The van der Waals surface area contributed by atoms with Crippen LogP contribution >= 0.6 is 0 Å². The summed E-state index contributed by atoms with van der Waals surface area (Å²) < 4.78 is 40.6. The van der Waals surface area contributed by atoms with Crippen LogP contribution in [0.5, 0.6) is 0 Å². The molecule has 0 bridgehead atoms. The van der Waals surface area contributed by atoms with Gasteiger partial charge in [-0.1, -0.05) is 0 Å². The maximum absolute atomic E-state index is 11.2. The first-order valence-electron chi connectivity index (χ1n) is 9.15. The van der Waals surface area contributed by atoms with Gasteiger partial charge in [-0.25, -0.2) is 4.68 Å². The Morgan fingerprint density at radius 2 is 2.00 bits per heavy atom. The molecular weight excluding hydrogens is 420 g/mol. The zero-order chi connectivity index (χ0) is 22.1. The Labute approximate surface area is 174 Å². The van der Waals surface area contributed by atoms with Gasteiger partial charge in [-0.2, -0.15) is 18.6 Å². The Kier molecular flexibility index (Phi) is 8.73. The summed E-state index contributed by atoms with van der Waals surface area (Å²) in [5.74, 6) is 0. The molecule has 1 atom stereocenters. The number of amides is 1. The fraction of sp³-hybridized carbons (Fsp3) is 0.562. The van der Waals surface area contributed by atoms with Crippen molar-refractivity contribution in [2.45, 2.75) is 6.04 Å². The van der Waals surface area contributed by atoms with Gasteiger partial charge < -0.3 is 15.0 Å². The van der Waals surface area contributed by atoms with Gasteiger partial charge in [-0.05, 0) is 13.1 Å². The summed E-state index contributed by atoms with van der Waals surface area (Å²) in [6.45, 7) is 5.29. The van der Waals surface area contributed by atoms with Crippen molar-refractivity contribution >= 4 is 34.7 Å². The highest BCUT2D eigenvalue weighted by Gasteiger charge is 2.28. The van der Waals surface area contributed by atoms with Crippen LogP contribution in [0.15, 0.2) is 18.5 Å². The first kappa shape index (κ1) is 23.8. The number of hydroxylamine groups is 2. The van der Waals surface area contributed by atoms with Crippen molar-refractivity contribution in [1.82, 2.24) is 19.7 Å². The summed E-state index contributed by atoms with van der Waals surface area (Å²) >= 11 is 0. The molecule has 3 heterocycles. The molecule has 1 saturated heterocycles. The number of anilines is 1. The summed E-state index contributed by atoms with van der Waals surface area (Å²) in [7, 11) is -1.63. The van der Waals surface area contributed by atoms with Crippen LogP contribution in [-0.2, 0) is 29.0 Å². The number of hydrogen-bond acceptors (Lipinski definition) is 9. The molecule has 13 nitrogen and oxygen atoms in total. The number of carbonyl (C=O) groups excluding carboxylic acids is 2. The van der Waals surface area contributed by atoms with Crippen molar-refractivity contribution in [3.8, 4) is 0 Å². The van der Waals surface area contributed by atoms with Crippen molar-refractivity contribution in [2.24, 2.45) is 0 Å². The van der Waals surface area contributed by atoms with Crippen molar-refractivity contribution in [3.05, 3.63) is 18.5 Å². The van der Waals surface area contributed by atoms with Crippen LogP contribution in [0.2, 0.25) is 0 Å². The number of carbonyl (C=O) groups is 2. The lowest BCUT2D eigenvalue weighted by Crippen LogP contribution is -2.89. The van der Waals surface area contributed by atoms with Gasteiger partial charge in [0.1, 0.15) is 0 Å². The molecule has 14 heteroatoms. The SMILES string of the molecule is CN1CC(n2cc(N3CC[NH2+]CC3)cn2)=CC(N(C=O)OS(=O)(=O)O)C1.COC=O. The third kappa shape index (κ3) is 7.07. The number of piperazine rings is 1. The molecule has 3 rings (SSSR count). The van der Waals surface area contributed by atoms with Crippen molar-refractivity contribution < 1.29 is 36.9 Å². The predicted octanol–water partition coefficient (Wildman–Crippen LogP) is -2.60. The number of aromatic nitrogens is 2. The minimum atomic E-state index is -4.78. The van der Waals surface area contributed by atoms with E-state index in [4.69, 9.17) is 9.35 Å². The highest BCUT2D eigenvalue weighted by Crippen LogP contribution is 2.20. The number of ether oxygens (including phenoxy) is 1. The zero-order valence-electron chi connectivity index (χ0n) is 16.8. The van der Waals surface area contributed by atoms with E-state index in [9.17, 15) is 13.2 Å². The molecule has 168 valence electrons. The Hall–Kier alpha value is -2.52. The lowest BCUT2D eigenvalue weighted by atomic mass is 10.1. The molecule has 0 saturated carbocycles. The maximum Gasteiger partial charge on any atom is 0.418 e. The first-order valence-corrected chi connectivity index (χ1v) is 10.5. The van der Waals surface area contributed by atoms with Crippen LogP contribution < -0.4 is 10.2 Å². The second kappa shape index (κ2) is 11.0. The Morgan fingerprint density at radius 1 is 1.33 bits per heavy atom. The minimum absolute atomic E-state index is 0.227. The largest absolute Gasteiger partial charge is 0.471 e. The molecule has 0 radical (unpaired) electrons. The number of nitrogens with two attached hydrogens (primary N) is 1. The molecule has 1 aromatic heterocycles. The number of likely N-dealkylation sites (N-methyl/N-ethyl adjacent to an activating group) is 1. The number of quaternary nitrogens is 1. The van der Waals surface area contributed by atoms with Gasteiger partial charge in [0.2, 0.25) is 6.41 Å². The van der Waals surface area contributed by atoms with Crippen LogP contribution in [0.3, 0.4) is 0 Å². The van der Waals surface area contributed by atoms with E-state index in [0.717, 1.165) is 37.6 Å². The molecule has 0 aliphatic carbocycles. The summed E-state index contributed by atoms with van der Waals surface area (Å²) in [6, 6.07) is -0.680. The monoisotopic (exact) mass is 447 g/mol. The average molecular weight is 447 g/mol. The van der Waals surface area contributed by atoms with Crippen LogP contribution in [0.25, 0.3) is 5.70 Å². The molecule has 1 unspecified atom stereocenters. The summed E-state index contributed by atoms with van der Waals surface area (Å²) in [4.78, 5) is 24.3. The Balaban J connectivity index is 0.000000735. The number of methoxy groups -OCH3 is 1. The zero-order valence-corrected chi connectivity index (χ0v) is 17.6. The van der Waals surface area contributed by atoms with Gasteiger partial charge in [0.25, 0.3) is 6.47 Å². The van der Waals surface area contributed by atoms with Gasteiger partial charge in [-0.15, -0.1) is 4.28 Å². The Morgan fingerprint density at radius 3 is 2.57 bits per heavy atom. The molecule has 3 N–H and O–H groups in total. The highest BCUT2D eigenvalue weighted by atomic mass is 32.3. The lowest BCUT2D eigenvalue weighted by molar-refractivity contribution is -0.655. The normalized spacial score (nSPS) is 19.9. The van der Waals surface area contributed by atoms with Gasteiger partial charge in [0.15, 0.2) is 0 Å². The molecule has 2 aliphatic heterocycles. The van der Waals surface area contributed by atoms with Crippen molar-refractivity contribution in [2.75, 3.05) is 58.3 Å². The van der Waals surface area contributed by atoms with Gasteiger partial charge >= 0.3 is 10.4 Å². The fourth-order valence-corrected chi connectivity index (χ4v) is 3.56. The summed E-state index contributed by atoms with van der Waals surface area (Å²) in [6.07, 6.45) is 5.65. The minimum Gasteiger partial charge on any atom is -0.471 e. The quantitative estimate of drug-likeness (QED) is 0.259. The van der Waals surface area contributed by atoms with E-state index in [1.54, 1.807) is 17.0 Å². The second-order valence-electron chi connectivity index (χ2n) is 6.72. The number of rotatable bonds is 7. The van der Waals surface area contributed by atoms with Gasteiger partial charge in [0.05, 0.1) is 63.1 Å². The molecule has 1 amide bonds. The van der Waals surface area contributed by atoms with E-state index in [1.807, 2.05) is 18.1 Å². The lowest BCUT2D eigenvalue weighted by Gasteiger charge is -2.32. The van der Waals surface area contributed by atoms with Crippen LogP contribution in [0.1, 0.15) is 0 Å². The molecule has 1 fully saturated rings. The smallest absolute Gasteiger partial charge is 0.418 e. The predicted molar refractivity (Wildman–Crippen MR) is 105 cm³/mol. The molecule has 0 aromatic carbocycles. The maximum atomic E-state index is 11.2. The van der Waals surface area contributed by atoms with Crippen LogP contribution in [0.4, 0.5) is 5.69 Å². The molecule has 0 spiro atoms. The van der Waals surface area contributed by atoms with Crippen LogP contribution in [0, 0.1) is 0 Å². The third-order valence-electron chi connectivity index (χ3n) is 4.46. The molecule has 1 aromatic rings. The van der Waals surface area contributed by atoms with Crippen LogP contribution in [-0.4, -0.2) is 105 Å². The topological polar surface area (TPSA) is 151 Å². The van der Waals surface area contributed by atoms with E-state index in [-0.39, 0.29) is 6.41 Å². The standard InChI is InChI=1S/C14H22N6O5S.C2H4O2/c1-17-8-12(6-13(9-17)20(11-21)25-26(22,23)24)19-10-14(7-16-19)18-4-2-15-3-5-18;1-4-2-3/h6-7,10-11,13,15H,2-5,8-9H2,1H3,(H,22,23,24);2H,1H3/p+1. The van der Waals surface area contributed by atoms with Gasteiger partial charge in [0, 0.05) is 13.1 Å². The molecule has 2 aliphatic rings.